The monoisotopic (exact) mass is 486 g/mol. The Balaban J connectivity index is 1.69. The zero-order chi connectivity index (χ0) is 24.1. The van der Waals surface area contributed by atoms with Gasteiger partial charge in [-0.3, -0.25) is 14.0 Å². The fourth-order valence-electron chi connectivity index (χ4n) is 4.11. The van der Waals surface area contributed by atoms with Crippen molar-refractivity contribution in [1.29, 1.82) is 0 Å². The Kier molecular flexibility index (Phi) is 5.57. The van der Waals surface area contributed by atoms with Gasteiger partial charge in [-0.2, -0.15) is 5.10 Å². The minimum atomic E-state index is -1.19. The fraction of sp³-hybridized carbons (Fsp3) is 0.304. The number of aromatic nitrogens is 5. The molecule has 1 aliphatic rings. The first-order valence-corrected chi connectivity index (χ1v) is 11.0. The second kappa shape index (κ2) is 8.44. The molecule has 176 valence electrons. The van der Waals surface area contributed by atoms with Crippen molar-refractivity contribution in [2.24, 2.45) is 14.1 Å². The molecular weight excluding hydrogens is 466 g/mol. The lowest BCUT2D eigenvalue weighted by atomic mass is 10.1. The summed E-state index contributed by atoms with van der Waals surface area (Å²) in [4.78, 5) is 24.3. The summed E-state index contributed by atoms with van der Waals surface area (Å²) in [6.45, 7) is 3.12. The van der Waals surface area contributed by atoms with E-state index in [1.54, 1.807) is 30.9 Å². The van der Waals surface area contributed by atoms with Crippen LogP contribution in [0.25, 0.3) is 22.2 Å². The molecule has 8 nitrogen and oxygen atoms in total. The second-order valence-corrected chi connectivity index (χ2v) is 8.63. The molecule has 0 bridgehead atoms. The molecule has 4 aromatic rings. The van der Waals surface area contributed by atoms with Crippen molar-refractivity contribution in [1.82, 2.24) is 24.3 Å². The van der Waals surface area contributed by atoms with Gasteiger partial charge in [0.2, 0.25) is 0 Å². The van der Waals surface area contributed by atoms with Crippen LogP contribution in [0.3, 0.4) is 0 Å². The molecule has 3 aromatic heterocycles. The summed E-state index contributed by atoms with van der Waals surface area (Å²) in [5.74, 6) is -1.40. The van der Waals surface area contributed by atoms with Gasteiger partial charge in [0.05, 0.1) is 34.4 Å². The molecule has 0 amide bonds. The van der Waals surface area contributed by atoms with E-state index < -0.39 is 17.2 Å². The molecule has 11 heteroatoms. The fourth-order valence-corrected chi connectivity index (χ4v) is 4.26. The summed E-state index contributed by atoms with van der Waals surface area (Å²) in [5, 5.41) is 3.96. The van der Waals surface area contributed by atoms with Gasteiger partial charge in [0.15, 0.2) is 11.6 Å². The highest BCUT2D eigenvalue weighted by Crippen LogP contribution is 2.34. The summed E-state index contributed by atoms with van der Waals surface area (Å²) in [6, 6.07) is 4.27. The molecule has 0 saturated carbocycles. The lowest BCUT2D eigenvalue weighted by Gasteiger charge is -2.33. The largest absolute Gasteiger partial charge is 0.370 e. The number of benzene rings is 1. The summed E-state index contributed by atoms with van der Waals surface area (Å²) in [5.41, 5.74) is 0.717. The van der Waals surface area contributed by atoms with Gasteiger partial charge in [-0.1, -0.05) is 11.6 Å². The van der Waals surface area contributed by atoms with E-state index in [2.05, 4.69) is 15.1 Å². The highest BCUT2D eigenvalue weighted by Gasteiger charge is 2.27. The molecule has 0 N–H and O–H groups in total. The summed E-state index contributed by atoms with van der Waals surface area (Å²) in [6.07, 6.45) is 3.38. The minimum absolute atomic E-state index is 0.0121. The van der Waals surface area contributed by atoms with Crippen LogP contribution in [0.1, 0.15) is 17.5 Å². The number of nitrogens with zero attached hydrogens (tertiary/aromatic N) is 6. The third-order valence-electron chi connectivity index (χ3n) is 6.05. The Labute approximate surface area is 198 Å². The van der Waals surface area contributed by atoms with E-state index in [1.165, 1.54) is 16.7 Å². The van der Waals surface area contributed by atoms with Gasteiger partial charge in [-0.05, 0) is 19.1 Å². The number of fused-ring (bicyclic) bond motifs is 1. The van der Waals surface area contributed by atoms with Crippen molar-refractivity contribution < 1.29 is 13.5 Å². The molecule has 1 saturated heterocycles. The molecule has 1 aromatic carbocycles. The first-order chi connectivity index (χ1) is 16.2. The molecule has 4 heterocycles. The van der Waals surface area contributed by atoms with Crippen LogP contribution in [-0.4, -0.2) is 44.0 Å². The van der Waals surface area contributed by atoms with Crippen LogP contribution >= 0.6 is 11.6 Å². The van der Waals surface area contributed by atoms with Gasteiger partial charge < -0.3 is 9.64 Å². The molecule has 1 aliphatic heterocycles. The van der Waals surface area contributed by atoms with E-state index in [1.807, 2.05) is 18.1 Å². The number of halogens is 3. The standard InChI is InChI=1S/C23H21ClF2N6O2/c1-12-28-16-8-18(32-6-7-34-17(11-32)13-9-27-30(2)10-13)29-22(19(16)23(33)31(12)3)14-4-5-15(24)21(26)20(14)25/h4-5,8-10,17H,6-7,11H2,1-3H3/t17-/m0/s1. The molecule has 0 unspecified atom stereocenters. The Morgan fingerprint density at radius 3 is 2.71 bits per heavy atom. The van der Waals surface area contributed by atoms with E-state index in [4.69, 9.17) is 16.3 Å². The van der Waals surface area contributed by atoms with Crippen LogP contribution in [0.4, 0.5) is 14.6 Å². The Hall–Kier alpha value is -3.37. The number of rotatable bonds is 3. The number of morpholine rings is 1. The third kappa shape index (κ3) is 3.72. The van der Waals surface area contributed by atoms with Crippen LogP contribution in [-0.2, 0) is 18.8 Å². The molecule has 1 atom stereocenters. The van der Waals surface area contributed by atoms with Gasteiger partial charge in [0.25, 0.3) is 5.56 Å². The maximum absolute atomic E-state index is 15.0. The zero-order valence-corrected chi connectivity index (χ0v) is 19.5. The van der Waals surface area contributed by atoms with E-state index in [0.717, 1.165) is 5.56 Å². The van der Waals surface area contributed by atoms with Crippen molar-refractivity contribution in [3.8, 4) is 11.3 Å². The molecule has 0 aliphatic carbocycles. The van der Waals surface area contributed by atoms with Gasteiger partial charge in [-0.25, -0.2) is 18.7 Å². The van der Waals surface area contributed by atoms with Crippen molar-refractivity contribution in [2.75, 3.05) is 24.6 Å². The lowest BCUT2D eigenvalue weighted by Crippen LogP contribution is -2.39. The second-order valence-electron chi connectivity index (χ2n) is 8.22. The molecule has 34 heavy (non-hydrogen) atoms. The Morgan fingerprint density at radius 1 is 1.18 bits per heavy atom. The smallest absolute Gasteiger partial charge is 0.263 e. The molecular formula is C23H21ClF2N6O2. The summed E-state index contributed by atoms with van der Waals surface area (Å²) >= 11 is 5.76. The van der Waals surface area contributed by atoms with E-state index >= 15 is 0 Å². The normalized spacial score (nSPS) is 16.4. The average molecular weight is 487 g/mol. The van der Waals surface area contributed by atoms with E-state index in [9.17, 15) is 13.6 Å². The predicted octanol–water partition coefficient (Wildman–Crippen LogP) is 3.55. The van der Waals surface area contributed by atoms with Gasteiger partial charge >= 0.3 is 0 Å². The minimum Gasteiger partial charge on any atom is -0.370 e. The molecule has 1 fully saturated rings. The van der Waals surface area contributed by atoms with Crippen LogP contribution in [0.5, 0.6) is 0 Å². The number of ether oxygens (including phenoxy) is 1. The maximum atomic E-state index is 15.0. The third-order valence-corrected chi connectivity index (χ3v) is 6.34. The quantitative estimate of drug-likeness (QED) is 0.412. The average Bonchev–Trinajstić information content (AvgIpc) is 3.27. The van der Waals surface area contributed by atoms with Crippen LogP contribution < -0.4 is 10.5 Å². The molecule has 0 radical (unpaired) electrons. The van der Waals surface area contributed by atoms with Gasteiger partial charge in [-0.15, -0.1) is 0 Å². The first kappa shape index (κ1) is 22.4. The molecule has 5 rings (SSSR count). The Morgan fingerprint density at radius 2 is 1.97 bits per heavy atom. The number of hydrogen-bond acceptors (Lipinski definition) is 6. The Bertz CT molecular complexity index is 1480. The SMILES string of the molecule is Cc1nc2cc(N3CCO[C@H](c4cnn(C)c4)C3)nc(-c3ccc(Cl)c(F)c3F)c2c(=O)n1C. The van der Waals surface area contributed by atoms with Gasteiger partial charge in [0.1, 0.15) is 17.7 Å². The van der Waals surface area contributed by atoms with E-state index in [-0.39, 0.29) is 27.8 Å². The number of pyridine rings is 1. The van der Waals surface area contributed by atoms with Crippen molar-refractivity contribution >= 4 is 28.3 Å². The topological polar surface area (TPSA) is 78.1 Å². The molecule has 0 spiro atoms. The number of anilines is 1. The van der Waals surface area contributed by atoms with Crippen molar-refractivity contribution in [3.05, 3.63) is 69.0 Å². The number of aryl methyl sites for hydroxylation is 2. The number of hydrogen-bond donors (Lipinski definition) is 0. The van der Waals surface area contributed by atoms with Crippen LogP contribution in [0.2, 0.25) is 5.02 Å². The summed E-state index contributed by atoms with van der Waals surface area (Å²) in [7, 11) is 3.40. The zero-order valence-electron chi connectivity index (χ0n) is 18.7. The first-order valence-electron chi connectivity index (χ1n) is 10.6. The van der Waals surface area contributed by atoms with Gasteiger partial charge in [0, 0.05) is 50.6 Å². The highest BCUT2D eigenvalue weighted by atomic mass is 35.5. The lowest BCUT2D eigenvalue weighted by molar-refractivity contribution is 0.0395. The maximum Gasteiger partial charge on any atom is 0.263 e. The van der Waals surface area contributed by atoms with Crippen molar-refractivity contribution in [2.45, 2.75) is 13.0 Å². The van der Waals surface area contributed by atoms with E-state index in [0.29, 0.717) is 36.9 Å². The predicted molar refractivity (Wildman–Crippen MR) is 124 cm³/mol. The van der Waals surface area contributed by atoms with Crippen LogP contribution in [0.15, 0.2) is 35.4 Å². The summed E-state index contributed by atoms with van der Waals surface area (Å²) < 4.78 is 38.3. The van der Waals surface area contributed by atoms with Crippen molar-refractivity contribution in [3.63, 3.8) is 0 Å². The highest BCUT2D eigenvalue weighted by molar-refractivity contribution is 6.30. The van der Waals surface area contributed by atoms with Crippen LogP contribution in [0, 0.1) is 18.6 Å².